The standard InChI is InChI=1S/C20H25BN6O5S/c1-5-7-31-27-13-9-14(16-22-6-8-33-16)15(26(11-13)19(27)29)10-23-17(24-12-30-21)25-18(28)32-20(2,3)4/h5-6,8-9,12-13,15H,1,7,10-11H2,2-4H3,(H,23,25,28)/t13-,15-/m1/s1. The summed E-state index contributed by atoms with van der Waals surface area (Å²) < 4.78 is 9.61. The minimum Gasteiger partial charge on any atom is -0.560 e. The number of thiazole rings is 1. The molecule has 1 aromatic rings. The average Bonchev–Trinajstić information content (AvgIpc) is 3.36. The van der Waals surface area contributed by atoms with Crippen molar-refractivity contribution < 1.29 is 23.8 Å². The Labute approximate surface area is 197 Å². The predicted octanol–water partition coefficient (Wildman–Crippen LogP) is 2.14. The van der Waals surface area contributed by atoms with Gasteiger partial charge in [0.15, 0.2) is 6.40 Å². The summed E-state index contributed by atoms with van der Waals surface area (Å²) in [5.41, 5.74) is 0.123. The van der Waals surface area contributed by atoms with Gasteiger partial charge in [-0.3, -0.25) is 10.2 Å². The maximum Gasteiger partial charge on any atom is 0.414 e. The van der Waals surface area contributed by atoms with Crippen molar-refractivity contribution in [1.82, 2.24) is 20.3 Å². The fraction of sp³-hybridized carbons (Fsp3) is 0.450. The van der Waals surface area contributed by atoms with E-state index in [0.29, 0.717) is 6.54 Å². The number of alkyl carbamates (subject to hydrolysis) is 1. The van der Waals surface area contributed by atoms with Crippen LogP contribution in [-0.2, 0) is 14.2 Å². The van der Waals surface area contributed by atoms with Crippen molar-refractivity contribution >= 4 is 49.4 Å². The minimum absolute atomic E-state index is 0.0817. The van der Waals surface area contributed by atoms with E-state index in [-0.39, 0.29) is 31.2 Å². The number of aliphatic imine (C=N–C) groups is 2. The topological polar surface area (TPSA) is 118 Å². The average molecular weight is 472 g/mol. The summed E-state index contributed by atoms with van der Waals surface area (Å²) in [4.78, 5) is 45.1. The highest BCUT2D eigenvalue weighted by Crippen LogP contribution is 2.35. The van der Waals surface area contributed by atoms with Gasteiger partial charge in [-0.05, 0) is 26.8 Å². The van der Waals surface area contributed by atoms with Gasteiger partial charge in [0.05, 0.1) is 25.2 Å². The van der Waals surface area contributed by atoms with E-state index in [1.54, 1.807) is 37.9 Å². The SMILES string of the molecule is [B]OC=NC(=NC[C@@H]1C(c2nccs2)=C[C@@H]2CN1C(=O)N2OCC=C)NC(=O)OC(C)(C)C. The van der Waals surface area contributed by atoms with Crippen LogP contribution >= 0.6 is 11.3 Å². The van der Waals surface area contributed by atoms with Gasteiger partial charge in [-0.1, -0.05) is 6.08 Å². The summed E-state index contributed by atoms with van der Waals surface area (Å²) in [5, 5.41) is 6.41. The van der Waals surface area contributed by atoms with Crippen LogP contribution in [-0.4, -0.2) is 84.9 Å². The number of fused-ring (bicyclic) bond motifs is 2. The summed E-state index contributed by atoms with van der Waals surface area (Å²) in [6.07, 6.45) is 5.41. The first-order chi connectivity index (χ1) is 15.7. The lowest BCUT2D eigenvalue weighted by Crippen LogP contribution is -2.43. The molecular formula is C20H25BN6O5S. The summed E-state index contributed by atoms with van der Waals surface area (Å²) >= 11 is 1.45. The van der Waals surface area contributed by atoms with Crippen LogP contribution in [0.4, 0.5) is 9.59 Å². The third-order valence-electron chi connectivity index (χ3n) is 4.50. The molecular weight excluding hydrogens is 447 g/mol. The van der Waals surface area contributed by atoms with Crippen LogP contribution in [0.5, 0.6) is 0 Å². The lowest BCUT2D eigenvalue weighted by Gasteiger charge is -2.29. The Kier molecular flexibility index (Phi) is 7.87. The monoisotopic (exact) mass is 472 g/mol. The molecule has 2 aliphatic rings. The minimum atomic E-state index is -0.740. The van der Waals surface area contributed by atoms with E-state index < -0.39 is 17.7 Å². The van der Waals surface area contributed by atoms with Crippen LogP contribution in [0, 0.1) is 0 Å². The number of guanidine groups is 1. The molecule has 13 heteroatoms. The number of aromatic nitrogens is 1. The number of nitrogens with zero attached hydrogens (tertiary/aromatic N) is 5. The van der Waals surface area contributed by atoms with E-state index in [1.807, 2.05) is 11.5 Å². The Hall–Kier alpha value is -3.19. The van der Waals surface area contributed by atoms with E-state index in [2.05, 4.69) is 31.5 Å². The second-order valence-electron chi connectivity index (χ2n) is 8.05. The van der Waals surface area contributed by atoms with Gasteiger partial charge in [-0.15, -0.1) is 17.9 Å². The summed E-state index contributed by atoms with van der Waals surface area (Å²) in [6.45, 7) is 9.55. The van der Waals surface area contributed by atoms with Crippen molar-refractivity contribution in [3.63, 3.8) is 0 Å². The molecule has 1 saturated heterocycles. The predicted molar refractivity (Wildman–Crippen MR) is 125 cm³/mol. The number of hydrogen-bond donors (Lipinski definition) is 1. The molecule has 1 N–H and O–H groups in total. The van der Waals surface area contributed by atoms with Gasteiger partial charge in [0, 0.05) is 23.7 Å². The van der Waals surface area contributed by atoms with E-state index in [0.717, 1.165) is 17.0 Å². The zero-order valence-corrected chi connectivity index (χ0v) is 19.4. The third kappa shape index (κ3) is 6.20. The molecule has 3 heterocycles. The van der Waals surface area contributed by atoms with Gasteiger partial charge < -0.3 is 14.3 Å². The van der Waals surface area contributed by atoms with Gasteiger partial charge in [0.2, 0.25) is 5.96 Å². The van der Waals surface area contributed by atoms with Gasteiger partial charge in [-0.2, -0.15) is 10.1 Å². The van der Waals surface area contributed by atoms with Crippen LogP contribution in [0.1, 0.15) is 25.8 Å². The molecule has 0 saturated carbocycles. The fourth-order valence-electron chi connectivity index (χ4n) is 3.31. The first-order valence-electron chi connectivity index (χ1n) is 10.1. The fourth-order valence-corrected chi connectivity index (χ4v) is 4.02. The van der Waals surface area contributed by atoms with Crippen LogP contribution < -0.4 is 5.32 Å². The van der Waals surface area contributed by atoms with Gasteiger partial charge >= 0.3 is 20.2 Å². The molecule has 3 rings (SSSR count). The highest BCUT2D eigenvalue weighted by molar-refractivity contribution is 7.10. The molecule has 3 amide bonds. The first kappa shape index (κ1) is 24.5. The number of rotatable bonds is 7. The summed E-state index contributed by atoms with van der Waals surface area (Å²) in [5.74, 6) is -0.0817. The quantitative estimate of drug-likeness (QED) is 0.281. The molecule has 2 atom stereocenters. The van der Waals surface area contributed by atoms with Crippen molar-refractivity contribution in [2.24, 2.45) is 9.98 Å². The van der Waals surface area contributed by atoms with Crippen molar-refractivity contribution in [3.05, 3.63) is 35.3 Å². The van der Waals surface area contributed by atoms with Crippen molar-refractivity contribution in [1.29, 1.82) is 0 Å². The summed E-state index contributed by atoms with van der Waals surface area (Å²) in [6, 6.07) is -1.01. The lowest BCUT2D eigenvalue weighted by atomic mass is 9.99. The maximum absolute atomic E-state index is 13.0. The molecule has 0 aromatic carbocycles. The second kappa shape index (κ2) is 10.6. The number of hydrogen-bond acceptors (Lipinski definition) is 8. The molecule has 33 heavy (non-hydrogen) atoms. The second-order valence-corrected chi connectivity index (χ2v) is 8.94. The van der Waals surface area contributed by atoms with Crippen molar-refractivity contribution in [3.8, 4) is 0 Å². The normalized spacial score (nSPS) is 20.8. The van der Waals surface area contributed by atoms with E-state index in [1.165, 1.54) is 16.4 Å². The molecule has 0 aliphatic carbocycles. The van der Waals surface area contributed by atoms with Crippen LogP contribution in [0.2, 0.25) is 0 Å². The molecule has 174 valence electrons. The first-order valence-corrected chi connectivity index (χ1v) is 11.0. The van der Waals surface area contributed by atoms with Crippen LogP contribution in [0.3, 0.4) is 0 Å². The van der Waals surface area contributed by atoms with Gasteiger partial charge in [0.25, 0.3) is 0 Å². The number of carbonyl (C=O) groups is 2. The zero-order valence-electron chi connectivity index (χ0n) is 18.6. The molecule has 2 radical (unpaired) electrons. The smallest absolute Gasteiger partial charge is 0.414 e. The number of hydroxylamine groups is 2. The Morgan fingerprint density at radius 3 is 2.91 bits per heavy atom. The maximum atomic E-state index is 13.0. The van der Waals surface area contributed by atoms with Crippen molar-refractivity contribution in [2.45, 2.75) is 38.5 Å². The highest BCUT2D eigenvalue weighted by Gasteiger charge is 2.46. The highest BCUT2D eigenvalue weighted by atomic mass is 32.1. The van der Waals surface area contributed by atoms with Gasteiger partial charge in [0.1, 0.15) is 10.6 Å². The number of ether oxygens (including phenoxy) is 1. The molecule has 0 spiro atoms. The Balaban J connectivity index is 1.86. The Bertz CT molecular complexity index is 959. The molecule has 2 aliphatic heterocycles. The number of carbonyl (C=O) groups excluding carboxylic acids is 2. The van der Waals surface area contributed by atoms with Crippen molar-refractivity contribution in [2.75, 3.05) is 19.7 Å². The van der Waals surface area contributed by atoms with E-state index >= 15 is 0 Å². The number of amides is 3. The number of nitrogens with one attached hydrogen (secondary N) is 1. The lowest BCUT2D eigenvalue weighted by molar-refractivity contribution is -0.107. The summed E-state index contributed by atoms with van der Waals surface area (Å²) in [7, 11) is 5.01. The Morgan fingerprint density at radius 2 is 2.27 bits per heavy atom. The van der Waals surface area contributed by atoms with Crippen LogP contribution in [0.25, 0.3) is 5.57 Å². The molecule has 0 unspecified atom stereocenters. The van der Waals surface area contributed by atoms with E-state index in [9.17, 15) is 9.59 Å². The largest absolute Gasteiger partial charge is 0.560 e. The molecule has 11 nitrogen and oxygen atoms in total. The third-order valence-corrected chi connectivity index (χ3v) is 5.32. The molecule has 2 bridgehead atoms. The van der Waals surface area contributed by atoms with Crippen LogP contribution in [0.15, 0.2) is 40.3 Å². The number of urea groups is 1. The Morgan fingerprint density at radius 1 is 1.48 bits per heavy atom. The van der Waals surface area contributed by atoms with Gasteiger partial charge in [-0.25, -0.2) is 19.6 Å². The zero-order chi connectivity index (χ0) is 24.0. The molecule has 1 fully saturated rings. The van der Waals surface area contributed by atoms with E-state index in [4.69, 9.17) is 17.6 Å². The molecule has 1 aromatic heterocycles.